The maximum absolute atomic E-state index is 4.64. The van der Waals surface area contributed by atoms with Gasteiger partial charge in [0.1, 0.15) is 5.82 Å². The molecule has 1 aromatic rings. The van der Waals surface area contributed by atoms with Crippen LogP contribution in [-0.4, -0.2) is 29.1 Å². The van der Waals surface area contributed by atoms with E-state index in [1.165, 1.54) is 38.8 Å². The molecule has 0 radical (unpaired) electrons. The summed E-state index contributed by atoms with van der Waals surface area (Å²) < 4.78 is 0. The van der Waals surface area contributed by atoms with Crippen molar-refractivity contribution in [2.45, 2.75) is 52.1 Å². The van der Waals surface area contributed by atoms with E-state index in [-0.39, 0.29) is 0 Å². The Hall–Kier alpha value is -1.16. The topological polar surface area (TPSA) is 41.1 Å². The SMILES string of the molecule is CC(C)NCc1cnc(N(CC2CC2)CC2CC2)cn1. The van der Waals surface area contributed by atoms with E-state index in [1.807, 2.05) is 12.4 Å². The number of hydrogen-bond acceptors (Lipinski definition) is 4. The van der Waals surface area contributed by atoms with Gasteiger partial charge in [0.05, 0.1) is 18.1 Å². The Bertz CT molecular complexity index is 407. The summed E-state index contributed by atoms with van der Waals surface area (Å²) in [5, 5.41) is 3.38. The lowest BCUT2D eigenvalue weighted by Crippen LogP contribution is -2.29. The molecule has 1 aromatic heterocycles. The first kappa shape index (κ1) is 13.8. The first-order valence-electron chi connectivity index (χ1n) is 8.00. The molecule has 0 aliphatic heterocycles. The molecular formula is C16H26N4. The van der Waals surface area contributed by atoms with E-state index in [9.17, 15) is 0 Å². The van der Waals surface area contributed by atoms with E-state index in [1.54, 1.807) is 0 Å². The molecule has 2 aliphatic carbocycles. The van der Waals surface area contributed by atoms with Crippen molar-refractivity contribution in [1.29, 1.82) is 0 Å². The molecule has 2 saturated carbocycles. The number of anilines is 1. The number of nitrogens with zero attached hydrogens (tertiary/aromatic N) is 3. The third kappa shape index (κ3) is 4.17. The van der Waals surface area contributed by atoms with Gasteiger partial charge in [0.25, 0.3) is 0 Å². The fourth-order valence-electron chi connectivity index (χ4n) is 2.40. The quantitative estimate of drug-likeness (QED) is 0.791. The summed E-state index contributed by atoms with van der Waals surface area (Å²) in [5.41, 5.74) is 1.03. The van der Waals surface area contributed by atoms with E-state index in [2.05, 4.69) is 34.0 Å². The van der Waals surface area contributed by atoms with Crippen LogP contribution in [0.15, 0.2) is 12.4 Å². The van der Waals surface area contributed by atoms with Gasteiger partial charge in [-0.05, 0) is 37.5 Å². The summed E-state index contributed by atoms with van der Waals surface area (Å²) in [4.78, 5) is 11.7. The number of aromatic nitrogens is 2. The zero-order chi connectivity index (χ0) is 13.9. The summed E-state index contributed by atoms with van der Waals surface area (Å²) >= 11 is 0. The summed E-state index contributed by atoms with van der Waals surface area (Å²) in [6.07, 6.45) is 9.46. The van der Waals surface area contributed by atoms with E-state index < -0.39 is 0 Å². The van der Waals surface area contributed by atoms with Crippen LogP contribution in [0.1, 0.15) is 45.2 Å². The predicted octanol–water partition coefficient (Wildman–Crippen LogP) is 2.60. The van der Waals surface area contributed by atoms with Gasteiger partial charge in [-0.1, -0.05) is 13.8 Å². The van der Waals surface area contributed by atoms with Gasteiger partial charge in [-0.2, -0.15) is 0 Å². The first-order chi connectivity index (χ1) is 9.70. The van der Waals surface area contributed by atoms with Gasteiger partial charge in [0, 0.05) is 25.7 Å². The third-order valence-corrected chi connectivity index (χ3v) is 4.06. The summed E-state index contributed by atoms with van der Waals surface area (Å²) in [6.45, 7) is 7.45. The zero-order valence-corrected chi connectivity index (χ0v) is 12.7. The van der Waals surface area contributed by atoms with Gasteiger partial charge in [0.15, 0.2) is 0 Å². The molecule has 20 heavy (non-hydrogen) atoms. The minimum Gasteiger partial charge on any atom is -0.355 e. The van der Waals surface area contributed by atoms with Crippen molar-refractivity contribution in [1.82, 2.24) is 15.3 Å². The van der Waals surface area contributed by atoms with Gasteiger partial charge >= 0.3 is 0 Å². The molecule has 110 valence electrons. The van der Waals surface area contributed by atoms with Crippen molar-refractivity contribution in [3.8, 4) is 0 Å². The molecule has 0 bridgehead atoms. The minimum absolute atomic E-state index is 0.484. The smallest absolute Gasteiger partial charge is 0.147 e. The largest absolute Gasteiger partial charge is 0.355 e. The Morgan fingerprint density at radius 2 is 1.75 bits per heavy atom. The molecule has 0 spiro atoms. The molecule has 4 heteroatoms. The third-order valence-electron chi connectivity index (χ3n) is 4.06. The van der Waals surface area contributed by atoms with Crippen LogP contribution in [-0.2, 0) is 6.54 Å². The van der Waals surface area contributed by atoms with E-state index >= 15 is 0 Å². The molecular weight excluding hydrogens is 248 g/mol. The summed E-state index contributed by atoms with van der Waals surface area (Å²) in [7, 11) is 0. The minimum atomic E-state index is 0.484. The Balaban J connectivity index is 1.60. The van der Waals surface area contributed by atoms with Gasteiger partial charge in [0.2, 0.25) is 0 Å². The zero-order valence-electron chi connectivity index (χ0n) is 12.7. The standard InChI is InChI=1S/C16H26N4/c1-12(2)17-7-15-8-19-16(9-18-15)20(10-13-3-4-13)11-14-5-6-14/h8-9,12-14,17H,3-7,10-11H2,1-2H3. The maximum Gasteiger partial charge on any atom is 0.147 e. The first-order valence-corrected chi connectivity index (χ1v) is 8.00. The average Bonchev–Trinajstić information content (AvgIpc) is 3.31. The van der Waals surface area contributed by atoms with Crippen molar-refractivity contribution in [2.24, 2.45) is 11.8 Å². The van der Waals surface area contributed by atoms with Crippen LogP contribution >= 0.6 is 0 Å². The molecule has 0 saturated heterocycles. The van der Waals surface area contributed by atoms with E-state index in [0.717, 1.165) is 29.9 Å². The number of hydrogen-bond donors (Lipinski definition) is 1. The van der Waals surface area contributed by atoms with Gasteiger partial charge in [-0.25, -0.2) is 4.98 Å². The molecule has 1 heterocycles. The Morgan fingerprint density at radius 3 is 2.20 bits per heavy atom. The highest BCUT2D eigenvalue weighted by atomic mass is 15.2. The van der Waals surface area contributed by atoms with Crippen LogP contribution in [0.3, 0.4) is 0 Å². The molecule has 0 unspecified atom stereocenters. The molecule has 1 N–H and O–H groups in total. The molecule has 3 rings (SSSR count). The monoisotopic (exact) mass is 274 g/mol. The lowest BCUT2D eigenvalue weighted by atomic mass is 10.3. The van der Waals surface area contributed by atoms with Crippen molar-refractivity contribution in [3.63, 3.8) is 0 Å². The van der Waals surface area contributed by atoms with E-state index in [4.69, 9.17) is 0 Å². The molecule has 0 amide bonds. The van der Waals surface area contributed by atoms with Crippen molar-refractivity contribution in [3.05, 3.63) is 18.1 Å². The average molecular weight is 274 g/mol. The second-order valence-corrected chi connectivity index (χ2v) is 6.69. The van der Waals surface area contributed by atoms with Gasteiger partial charge < -0.3 is 10.2 Å². The highest BCUT2D eigenvalue weighted by Crippen LogP contribution is 2.35. The van der Waals surface area contributed by atoms with Crippen molar-refractivity contribution in [2.75, 3.05) is 18.0 Å². The second kappa shape index (κ2) is 6.08. The lowest BCUT2D eigenvalue weighted by Gasteiger charge is -2.23. The highest BCUT2D eigenvalue weighted by Gasteiger charge is 2.29. The van der Waals surface area contributed by atoms with Gasteiger partial charge in [-0.15, -0.1) is 0 Å². The van der Waals surface area contributed by atoms with Crippen LogP contribution in [0.5, 0.6) is 0 Å². The highest BCUT2D eigenvalue weighted by molar-refractivity contribution is 5.36. The molecule has 4 nitrogen and oxygen atoms in total. The Labute approximate surface area is 122 Å². The Kier molecular flexibility index (Phi) is 4.20. The normalized spacial score (nSPS) is 18.6. The molecule has 0 aromatic carbocycles. The summed E-state index contributed by atoms with van der Waals surface area (Å²) in [6, 6.07) is 0.484. The van der Waals surface area contributed by atoms with Gasteiger partial charge in [-0.3, -0.25) is 4.98 Å². The van der Waals surface area contributed by atoms with Crippen LogP contribution in [0, 0.1) is 11.8 Å². The Morgan fingerprint density at radius 1 is 1.10 bits per heavy atom. The lowest BCUT2D eigenvalue weighted by molar-refractivity contribution is 0.579. The molecule has 2 aliphatic rings. The van der Waals surface area contributed by atoms with Crippen molar-refractivity contribution < 1.29 is 0 Å². The number of nitrogens with one attached hydrogen (secondary N) is 1. The predicted molar refractivity (Wildman–Crippen MR) is 81.7 cm³/mol. The van der Waals surface area contributed by atoms with Crippen LogP contribution in [0.2, 0.25) is 0 Å². The molecule has 2 fully saturated rings. The van der Waals surface area contributed by atoms with Crippen LogP contribution in [0.4, 0.5) is 5.82 Å². The van der Waals surface area contributed by atoms with Crippen LogP contribution < -0.4 is 10.2 Å². The molecule has 0 atom stereocenters. The van der Waals surface area contributed by atoms with Crippen LogP contribution in [0.25, 0.3) is 0 Å². The van der Waals surface area contributed by atoms with E-state index in [0.29, 0.717) is 6.04 Å². The fraction of sp³-hybridized carbons (Fsp3) is 0.750. The maximum atomic E-state index is 4.64. The fourth-order valence-corrected chi connectivity index (χ4v) is 2.40. The summed E-state index contributed by atoms with van der Waals surface area (Å²) in [5.74, 6) is 2.87. The van der Waals surface area contributed by atoms with Crippen molar-refractivity contribution >= 4 is 5.82 Å². The second-order valence-electron chi connectivity index (χ2n) is 6.69. The number of rotatable bonds is 8.